The molecule has 0 saturated carbocycles. The molecular formula is C21H22N2O4S2. The first-order valence-corrected chi connectivity index (χ1v) is 11.3. The van der Waals surface area contributed by atoms with Crippen LogP contribution >= 0.6 is 11.3 Å². The van der Waals surface area contributed by atoms with E-state index in [4.69, 9.17) is 4.74 Å². The van der Waals surface area contributed by atoms with Gasteiger partial charge in [-0.25, -0.2) is 8.42 Å². The highest BCUT2D eigenvalue weighted by atomic mass is 32.2. The zero-order chi connectivity index (χ0) is 21.0. The Kier molecular flexibility index (Phi) is 6.24. The fourth-order valence-electron chi connectivity index (χ4n) is 2.78. The first-order chi connectivity index (χ1) is 13.9. The summed E-state index contributed by atoms with van der Waals surface area (Å²) in [7, 11) is -0.872. The van der Waals surface area contributed by atoms with Crippen LogP contribution < -0.4 is 14.4 Å². The lowest BCUT2D eigenvalue weighted by Gasteiger charge is -2.20. The second kappa shape index (κ2) is 8.67. The Morgan fingerprint density at radius 1 is 1.14 bits per heavy atom. The second-order valence-corrected chi connectivity index (χ2v) is 9.15. The maximum absolute atomic E-state index is 13.2. The van der Waals surface area contributed by atoms with Gasteiger partial charge in [0.05, 0.1) is 12.8 Å². The number of hydrogen-bond donors (Lipinski definition) is 1. The number of nitrogens with zero attached hydrogens (tertiary/aromatic N) is 1. The molecule has 0 aliphatic heterocycles. The third kappa shape index (κ3) is 4.44. The highest BCUT2D eigenvalue weighted by molar-refractivity contribution is 7.93. The normalized spacial score (nSPS) is 11.1. The number of benzene rings is 2. The maximum atomic E-state index is 13.2. The Hall–Kier alpha value is -2.84. The molecule has 0 fully saturated rings. The van der Waals surface area contributed by atoms with Crippen LogP contribution in [0.3, 0.4) is 0 Å². The fourth-order valence-corrected chi connectivity index (χ4v) is 5.27. The molecule has 3 aromatic rings. The standard InChI is InChI=1S/C21H22N2O4S2/c1-4-15-8-10-17(11-9-15)23(2)29(25,26)19-12-13-28-20(19)21(24)22-16-6-5-7-18(14-16)27-3/h5-14H,4H2,1-3H3,(H,22,24). The minimum Gasteiger partial charge on any atom is -0.497 e. The number of nitrogens with one attached hydrogen (secondary N) is 1. The van der Waals surface area contributed by atoms with E-state index in [1.54, 1.807) is 41.8 Å². The van der Waals surface area contributed by atoms with Crippen LogP contribution in [-0.2, 0) is 16.4 Å². The van der Waals surface area contributed by atoms with Gasteiger partial charge in [-0.2, -0.15) is 0 Å². The summed E-state index contributed by atoms with van der Waals surface area (Å²) in [5.41, 5.74) is 2.18. The second-order valence-electron chi connectivity index (χ2n) is 6.29. The Labute approximate surface area is 174 Å². The van der Waals surface area contributed by atoms with Gasteiger partial charge in [0.2, 0.25) is 0 Å². The molecule has 2 aromatic carbocycles. The third-order valence-electron chi connectivity index (χ3n) is 4.51. The minimum absolute atomic E-state index is 0.0232. The predicted molar refractivity (Wildman–Crippen MR) is 117 cm³/mol. The summed E-state index contributed by atoms with van der Waals surface area (Å²) >= 11 is 1.08. The molecule has 0 radical (unpaired) electrons. The Bertz CT molecular complexity index is 1110. The molecule has 6 nitrogen and oxygen atoms in total. The van der Waals surface area contributed by atoms with Crippen molar-refractivity contribution in [2.45, 2.75) is 18.2 Å². The van der Waals surface area contributed by atoms with Crippen molar-refractivity contribution < 1.29 is 17.9 Å². The van der Waals surface area contributed by atoms with Crippen LogP contribution in [0, 0.1) is 0 Å². The molecule has 0 saturated heterocycles. The number of rotatable bonds is 7. The fraction of sp³-hybridized carbons (Fsp3) is 0.190. The number of thiophene rings is 1. The van der Waals surface area contributed by atoms with Crippen LogP contribution in [0.1, 0.15) is 22.2 Å². The predicted octanol–water partition coefficient (Wildman–Crippen LogP) is 4.40. The number of ether oxygens (including phenoxy) is 1. The van der Waals surface area contributed by atoms with Crippen LogP contribution in [0.15, 0.2) is 64.9 Å². The SMILES string of the molecule is CCc1ccc(N(C)S(=O)(=O)c2ccsc2C(=O)Nc2cccc(OC)c2)cc1. The number of anilines is 2. The van der Waals surface area contributed by atoms with E-state index in [0.29, 0.717) is 17.1 Å². The molecule has 0 spiro atoms. The zero-order valence-corrected chi connectivity index (χ0v) is 18.0. The van der Waals surface area contributed by atoms with Gasteiger partial charge in [-0.3, -0.25) is 9.10 Å². The highest BCUT2D eigenvalue weighted by Crippen LogP contribution is 2.29. The lowest BCUT2D eigenvalue weighted by atomic mass is 10.1. The summed E-state index contributed by atoms with van der Waals surface area (Å²) in [5, 5.41) is 4.33. The van der Waals surface area contributed by atoms with Crippen molar-refractivity contribution in [1.82, 2.24) is 0 Å². The summed E-state index contributed by atoms with van der Waals surface area (Å²) in [4.78, 5) is 12.9. The quantitative estimate of drug-likeness (QED) is 0.603. The number of amides is 1. The van der Waals surface area contributed by atoms with Gasteiger partial charge in [-0.15, -0.1) is 11.3 Å². The van der Waals surface area contributed by atoms with Crippen molar-refractivity contribution in [3.63, 3.8) is 0 Å². The van der Waals surface area contributed by atoms with E-state index in [9.17, 15) is 13.2 Å². The molecule has 152 valence electrons. The van der Waals surface area contributed by atoms with E-state index in [0.717, 1.165) is 23.3 Å². The molecule has 29 heavy (non-hydrogen) atoms. The van der Waals surface area contributed by atoms with Crippen LogP contribution in [-0.4, -0.2) is 28.5 Å². The van der Waals surface area contributed by atoms with Gasteiger partial charge in [-0.1, -0.05) is 25.1 Å². The number of hydrogen-bond acceptors (Lipinski definition) is 5. The number of carbonyl (C=O) groups excluding carboxylic acids is 1. The average molecular weight is 431 g/mol. The van der Waals surface area contributed by atoms with Crippen molar-refractivity contribution in [1.29, 1.82) is 0 Å². The molecule has 0 aliphatic rings. The molecule has 8 heteroatoms. The summed E-state index contributed by atoms with van der Waals surface area (Å²) < 4.78 is 32.7. The van der Waals surface area contributed by atoms with E-state index in [1.165, 1.54) is 24.5 Å². The summed E-state index contributed by atoms with van der Waals surface area (Å²) in [6.07, 6.45) is 0.871. The zero-order valence-electron chi connectivity index (χ0n) is 16.4. The Morgan fingerprint density at radius 3 is 2.52 bits per heavy atom. The molecular weight excluding hydrogens is 408 g/mol. The molecule has 0 atom stereocenters. The molecule has 1 N–H and O–H groups in total. The van der Waals surface area contributed by atoms with Crippen LogP contribution in [0.4, 0.5) is 11.4 Å². The molecule has 0 bridgehead atoms. The first-order valence-electron chi connectivity index (χ1n) is 8.97. The van der Waals surface area contributed by atoms with Crippen LogP contribution in [0.2, 0.25) is 0 Å². The highest BCUT2D eigenvalue weighted by Gasteiger charge is 2.28. The number of aryl methyl sites for hydroxylation is 1. The largest absolute Gasteiger partial charge is 0.497 e. The molecule has 3 rings (SSSR count). The molecule has 0 unspecified atom stereocenters. The van der Waals surface area contributed by atoms with E-state index in [2.05, 4.69) is 5.32 Å². The summed E-state index contributed by atoms with van der Waals surface area (Å²) in [6.45, 7) is 2.04. The van der Waals surface area contributed by atoms with Gasteiger partial charge in [0.25, 0.3) is 15.9 Å². The number of sulfonamides is 1. The van der Waals surface area contributed by atoms with Gasteiger partial charge < -0.3 is 10.1 Å². The topological polar surface area (TPSA) is 75.7 Å². The van der Waals surface area contributed by atoms with Crippen molar-refractivity contribution in [3.05, 3.63) is 70.4 Å². The van der Waals surface area contributed by atoms with Crippen LogP contribution in [0.5, 0.6) is 5.75 Å². The molecule has 0 aliphatic carbocycles. The Balaban J connectivity index is 1.87. The average Bonchev–Trinajstić information content (AvgIpc) is 3.24. The van der Waals surface area contributed by atoms with E-state index >= 15 is 0 Å². The van der Waals surface area contributed by atoms with Gasteiger partial charge in [0.1, 0.15) is 15.5 Å². The lowest BCUT2D eigenvalue weighted by Crippen LogP contribution is -2.28. The van der Waals surface area contributed by atoms with E-state index < -0.39 is 15.9 Å². The first kappa shape index (κ1) is 20.9. The lowest BCUT2D eigenvalue weighted by molar-refractivity contribution is 0.102. The summed E-state index contributed by atoms with van der Waals surface area (Å²) in [5.74, 6) is 0.110. The van der Waals surface area contributed by atoms with Crippen molar-refractivity contribution >= 4 is 38.6 Å². The molecule has 1 heterocycles. The van der Waals surface area contributed by atoms with Crippen molar-refractivity contribution in [3.8, 4) is 5.75 Å². The van der Waals surface area contributed by atoms with Gasteiger partial charge in [-0.05, 0) is 47.7 Å². The van der Waals surface area contributed by atoms with Crippen molar-refractivity contribution in [2.75, 3.05) is 23.8 Å². The van der Waals surface area contributed by atoms with Gasteiger partial charge in [0, 0.05) is 18.8 Å². The smallest absolute Gasteiger partial charge is 0.267 e. The van der Waals surface area contributed by atoms with Crippen LogP contribution in [0.25, 0.3) is 0 Å². The van der Waals surface area contributed by atoms with Gasteiger partial charge >= 0.3 is 0 Å². The number of methoxy groups -OCH3 is 1. The van der Waals surface area contributed by atoms with Crippen molar-refractivity contribution in [2.24, 2.45) is 0 Å². The van der Waals surface area contributed by atoms with Gasteiger partial charge in [0.15, 0.2) is 0 Å². The van der Waals surface area contributed by atoms with E-state index in [1.807, 2.05) is 19.1 Å². The molecule has 1 amide bonds. The third-order valence-corrected chi connectivity index (χ3v) is 7.38. The van der Waals surface area contributed by atoms with E-state index in [-0.39, 0.29) is 9.77 Å². The minimum atomic E-state index is -3.89. The Morgan fingerprint density at radius 2 is 1.86 bits per heavy atom. The maximum Gasteiger partial charge on any atom is 0.267 e. The monoisotopic (exact) mass is 430 g/mol. The molecule has 1 aromatic heterocycles. The summed E-state index contributed by atoms with van der Waals surface area (Å²) in [6, 6.07) is 15.7. The number of carbonyl (C=O) groups is 1.